The molecule has 0 aromatic heterocycles. The number of amides is 2. The molecule has 2 amide bonds. The molecule has 1 N–H and O–H groups in total. The van der Waals surface area contributed by atoms with E-state index in [1.54, 1.807) is 49.6 Å². The Balaban J connectivity index is 2.13. The second-order valence-electron chi connectivity index (χ2n) is 11.5. The molecule has 0 heterocycles. The molecule has 0 aliphatic heterocycles. The number of ether oxygens (including phenoxy) is 4. The number of carbonyl (C=O) groups excluding carboxylic acids is 2. The molecule has 0 unspecified atom stereocenters. The van der Waals surface area contributed by atoms with Crippen molar-refractivity contribution in [2.45, 2.75) is 64.1 Å². The number of hydrogen-bond acceptors (Lipinski definition) is 8. The van der Waals surface area contributed by atoms with Crippen LogP contribution in [-0.2, 0) is 26.2 Å². The van der Waals surface area contributed by atoms with Gasteiger partial charge in [-0.3, -0.25) is 13.9 Å². The highest BCUT2D eigenvalue weighted by Gasteiger charge is 2.35. The van der Waals surface area contributed by atoms with Gasteiger partial charge in [0.1, 0.15) is 24.1 Å². The van der Waals surface area contributed by atoms with Crippen LogP contribution in [0.4, 0.5) is 5.69 Å². The average molecular weight is 656 g/mol. The highest BCUT2D eigenvalue weighted by Crippen LogP contribution is 2.33. The summed E-state index contributed by atoms with van der Waals surface area (Å²) in [6.07, 6.45) is 0.295. The van der Waals surface area contributed by atoms with E-state index in [1.165, 1.54) is 37.3 Å². The van der Waals surface area contributed by atoms with Crippen molar-refractivity contribution in [1.29, 1.82) is 0 Å². The lowest BCUT2D eigenvalue weighted by Gasteiger charge is -2.35. The maximum Gasteiger partial charge on any atom is 0.264 e. The van der Waals surface area contributed by atoms with Gasteiger partial charge in [0.15, 0.2) is 11.5 Å². The van der Waals surface area contributed by atoms with Gasteiger partial charge >= 0.3 is 0 Å². The van der Waals surface area contributed by atoms with Gasteiger partial charge in [0.05, 0.1) is 38.5 Å². The predicted molar refractivity (Wildman–Crippen MR) is 177 cm³/mol. The highest BCUT2D eigenvalue weighted by atomic mass is 32.2. The molecule has 0 aliphatic carbocycles. The Bertz CT molecular complexity index is 1590. The molecule has 12 heteroatoms. The molecule has 11 nitrogen and oxygen atoms in total. The molecule has 0 saturated heterocycles. The zero-order chi connectivity index (χ0) is 34.1. The Labute approximate surface area is 272 Å². The van der Waals surface area contributed by atoms with Gasteiger partial charge < -0.3 is 29.2 Å². The molecule has 1 atom stereocenters. The lowest BCUT2D eigenvalue weighted by molar-refractivity contribution is -0.141. The zero-order valence-electron chi connectivity index (χ0n) is 27.8. The predicted octanol–water partition coefficient (Wildman–Crippen LogP) is 5.03. The van der Waals surface area contributed by atoms with Gasteiger partial charge in [-0.2, -0.15) is 0 Å². The zero-order valence-corrected chi connectivity index (χ0v) is 28.6. The summed E-state index contributed by atoms with van der Waals surface area (Å²) in [6, 6.07) is 16.9. The number of hydrogen-bond donors (Lipinski definition) is 1. The topological polar surface area (TPSA) is 124 Å². The van der Waals surface area contributed by atoms with Crippen molar-refractivity contribution in [3.63, 3.8) is 0 Å². The molecule has 0 radical (unpaired) electrons. The Morgan fingerprint density at radius 1 is 0.848 bits per heavy atom. The summed E-state index contributed by atoms with van der Waals surface area (Å²) in [4.78, 5) is 29.2. The van der Waals surface area contributed by atoms with Crippen LogP contribution in [-0.4, -0.2) is 71.2 Å². The Kier molecular flexibility index (Phi) is 12.3. The number of nitrogens with zero attached hydrogens (tertiary/aromatic N) is 2. The van der Waals surface area contributed by atoms with E-state index in [0.717, 1.165) is 4.31 Å². The van der Waals surface area contributed by atoms with Gasteiger partial charge in [-0.15, -0.1) is 0 Å². The van der Waals surface area contributed by atoms with E-state index < -0.39 is 34.1 Å². The van der Waals surface area contributed by atoms with Crippen molar-refractivity contribution in [3.8, 4) is 23.0 Å². The van der Waals surface area contributed by atoms with Crippen LogP contribution >= 0.6 is 0 Å². The fourth-order valence-electron chi connectivity index (χ4n) is 4.85. The third-order valence-corrected chi connectivity index (χ3v) is 8.80. The molecule has 3 aromatic carbocycles. The van der Waals surface area contributed by atoms with Crippen LogP contribution in [0.15, 0.2) is 71.6 Å². The molecule has 0 aliphatic rings. The molecule has 250 valence electrons. The fourth-order valence-corrected chi connectivity index (χ4v) is 6.28. The molecule has 3 aromatic rings. The van der Waals surface area contributed by atoms with Crippen LogP contribution in [0.3, 0.4) is 0 Å². The van der Waals surface area contributed by atoms with Crippen molar-refractivity contribution >= 4 is 27.5 Å². The summed E-state index contributed by atoms with van der Waals surface area (Å²) >= 11 is 0. The molecule has 3 rings (SSSR count). The minimum absolute atomic E-state index is 0.0413. The number of sulfonamides is 1. The van der Waals surface area contributed by atoms with Crippen LogP contribution < -0.4 is 28.6 Å². The van der Waals surface area contributed by atoms with Crippen molar-refractivity contribution in [2.75, 3.05) is 38.8 Å². The summed E-state index contributed by atoms with van der Waals surface area (Å²) < 4.78 is 51.2. The molecule has 46 heavy (non-hydrogen) atoms. The molecular formula is C34H45N3O8S. The van der Waals surface area contributed by atoms with Gasteiger partial charge in [-0.25, -0.2) is 8.42 Å². The number of nitrogens with one attached hydrogen (secondary N) is 1. The lowest BCUT2D eigenvalue weighted by Crippen LogP contribution is -2.55. The van der Waals surface area contributed by atoms with Crippen LogP contribution in [0.25, 0.3) is 0 Å². The third kappa shape index (κ3) is 9.06. The second-order valence-corrected chi connectivity index (χ2v) is 13.4. The summed E-state index contributed by atoms with van der Waals surface area (Å²) in [5.41, 5.74) is 0.394. The minimum Gasteiger partial charge on any atom is -0.497 e. The summed E-state index contributed by atoms with van der Waals surface area (Å²) in [7, 11) is 0.0624. The third-order valence-electron chi connectivity index (χ3n) is 7.03. The highest BCUT2D eigenvalue weighted by molar-refractivity contribution is 7.92. The first-order chi connectivity index (χ1) is 21.8. The van der Waals surface area contributed by atoms with Crippen LogP contribution in [0.2, 0.25) is 0 Å². The van der Waals surface area contributed by atoms with Crippen molar-refractivity contribution in [3.05, 3.63) is 72.3 Å². The van der Waals surface area contributed by atoms with E-state index in [1.807, 2.05) is 40.7 Å². The van der Waals surface area contributed by atoms with Crippen molar-refractivity contribution in [2.24, 2.45) is 0 Å². The Hall–Kier alpha value is -4.45. The van der Waals surface area contributed by atoms with Crippen molar-refractivity contribution in [1.82, 2.24) is 10.2 Å². The molecule has 0 spiro atoms. The van der Waals surface area contributed by atoms with Gasteiger partial charge in [0, 0.05) is 18.2 Å². The van der Waals surface area contributed by atoms with E-state index >= 15 is 0 Å². The molecule has 0 bridgehead atoms. The Morgan fingerprint density at radius 3 is 2.09 bits per heavy atom. The van der Waals surface area contributed by atoms with E-state index in [-0.39, 0.29) is 28.8 Å². The molecule has 0 saturated carbocycles. The molecular weight excluding hydrogens is 610 g/mol. The van der Waals surface area contributed by atoms with Crippen LogP contribution in [0.1, 0.15) is 46.6 Å². The average Bonchev–Trinajstić information content (AvgIpc) is 3.02. The Morgan fingerprint density at radius 2 is 1.52 bits per heavy atom. The first kappa shape index (κ1) is 36.0. The standard InChI is InChI=1S/C34H45N3O8S/c1-9-29(33(39)35-34(3,4)5)36(22-24-12-11-13-27(20-24)42-6)32(38)23-37(25-14-16-26(17-15-25)45-10-2)46(40,41)28-18-19-30(43-7)31(21-28)44-8/h11-21,29H,9-10,22-23H2,1-8H3,(H,35,39)/t29-/m0/s1. The van der Waals surface area contributed by atoms with Crippen LogP contribution in [0.5, 0.6) is 23.0 Å². The van der Waals surface area contributed by atoms with E-state index in [4.69, 9.17) is 18.9 Å². The number of benzene rings is 3. The van der Waals surface area contributed by atoms with Crippen molar-refractivity contribution < 1.29 is 37.0 Å². The van der Waals surface area contributed by atoms with Gasteiger partial charge in [0.25, 0.3) is 10.0 Å². The first-order valence-electron chi connectivity index (χ1n) is 15.0. The number of rotatable bonds is 15. The van der Waals surface area contributed by atoms with E-state index in [0.29, 0.717) is 35.8 Å². The quantitative estimate of drug-likeness (QED) is 0.242. The lowest BCUT2D eigenvalue weighted by atomic mass is 10.1. The molecule has 0 fully saturated rings. The van der Waals surface area contributed by atoms with E-state index in [9.17, 15) is 18.0 Å². The maximum absolute atomic E-state index is 14.4. The minimum atomic E-state index is -4.34. The van der Waals surface area contributed by atoms with Crippen LogP contribution in [0, 0.1) is 0 Å². The van der Waals surface area contributed by atoms with Gasteiger partial charge in [0.2, 0.25) is 11.8 Å². The SMILES string of the molecule is CCOc1ccc(N(CC(=O)N(Cc2cccc(OC)c2)[C@@H](CC)C(=O)NC(C)(C)C)S(=O)(=O)c2ccc(OC)c(OC)c2)cc1. The van der Waals surface area contributed by atoms with E-state index in [2.05, 4.69) is 5.32 Å². The smallest absolute Gasteiger partial charge is 0.264 e. The first-order valence-corrected chi connectivity index (χ1v) is 16.4. The fraction of sp³-hybridized carbons (Fsp3) is 0.412. The largest absolute Gasteiger partial charge is 0.497 e. The number of anilines is 1. The monoisotopic (exact) mass is 655 g/mol. The van der Waals surface area contributed by atoms with Gasteiger partial charge in [-0.1, -0.05) is 19.1 Å². The summed E-state index contributed by atoms with van der Waals surface area (Å²) in [5.74, 6) is 0.782. The van der Waals surface area contributed by atoms with Gasteiger partial charge in [-0.05, 0) is 88.2 Å². The summed E-state index contributed by atoms with van der Waals surface area (Å²) in [5, 5.41) is 2.97. The maximum atomic E-state index is 14.4. The summed E-state index contributed by atoms with van der Waals surface area (Å²) in [6.45, 7) is 9.10. The number of carbonyl (C=O) groups is 2. The number of methoxy groups -OCH3 is 3. The normalized spacial score (nSPS) is 12.1. The second kappa shape index (κ2) is 15.7.